The quantitative estimate of drug-likeness (QED) is 0.337. The van der Waals surface area contributed by atoms with E-state index in [-0.39, 0.29) is 28.6 Å². The molecule has 0 amide bonds. The van der Waals surface area contributed by atoms with Crippen LogP contribution in [0.25, 0.3) is 32.4 Å². The van der Waals surface area contributed by atoms with Gasteiger partial charge in [-0.25, -0.2) is 4.98 Å². The molecule has 2 aliphatic rings. The molecule has 1 saturated heterocycles. The SMILES string of the molecule is CCC[C@H]1CC[C@@H](n2sc3c(-c4nc5c(O)cc(CN6CCCCC6)cc5[nH]c4=O)cccc3c2=O)C1. The van der Waals surface area contributed by atoms with Gasteiger partial charge in [0.05, 0.1) is 15.6 Å². The molecule has 1 aliphatic carbocycles. The van der Waals surface area contributed by atoms with Crippen molar-refractivity contribution in [3.05, 3.63) is 56.6 Å². The van der Waals surface area contributed by atoms with Crippen LogP contribution in [0.3, 0.4) is 0 Å². The first-order valence-corrected chi connectivity index (χ1v) is 14.4. The Morgan fingerprint density at radius 1 is 1.14 bits per heavy atom. The predicted molar refractivity (Wildman–Crippen MR) is 150 cm³/mol. The van der Waals surface area contributed by atoms with Gasteiger partial charge < -0.3 is 10.1 Å². The average molecular weight is 519 g/mol. The second-order valence-electron chi connectivity index (χ2n) is 10.8. The summed E-state index contributed by atoms with van der Waals surface area (Å²) in [6.45, 7) is 5.07. The first-order chi connectivity index (χ1) is 18.0. The first-order valence-electron chi connectivity index (χ1n) is 13.6. The average Bonchev–Trinajstić information content (AvgIpc) is 3.49. The van der Waals surface area contributed by atoms with E-state index in [2.05, 4.69) is 21.8 Å². The number of piperidine rings is 1. The van der Waals surface area contributed by atoms with Crippen molar-refractivity contribution in [3.8, 4) is 17.0 Å². The van der Waals surface area contributed by atoms with Gasteiger partial charge in [0.1, 0.15) is 17.0 Å². The molecule has 37 heavy (non-hydrogen) atoms. The number of H-pyrrole nitrogens is 1. The number of phenols is 1. The second-order valence-corrected chi connectivity index (χ2v) is 11.8. The molecule has 3 heterocycles. The van der Waals surface area contributed by atoms with Gasteiger partial charge in [0.25, 0.3) is 11.1 Å². The number of benzene rings is 2. The lowest BCUT2D eigenvalue weighted by atomic mass is 10.0. The number of hydrogen-bond acceptors (Lipinski definition) is 6. The molecule has 2 N–H and O–H groups in total. The molecule has 2 aromatic heterocycles. The fraction of sp³-hybridized carbons (Fsp3) is 0.483. The summed E-state index contributed by atoms with van der Waals surface area (Å²) in [4.78, 5) is 36.6. The Morgan fingerprint density at radius 2 is 1.97 bits per heavy atom. The van der Waals surface area contributed by atoms with E-state index in [4.69, 9.17) is 0 Å². The van der Waals surface area contributed by atoms with Crippen LogP contribution in [0.4, 0.5) is 0 Å². The monoisotopic (exact) mass is 518 g/mol. The van der Waals surface area contributed by atoms with Gasteiger partial charge >= 0.3 is 0 Å². The zero-order valence-electron chi connectivity index (χ0n) is 21.3. The van der Waals surface area contributed by atoms with E-state index in [0.717, 1.165) is 49.2 Å². The standard InChI is InChI=1S/C29H34N4O3S/c1-2-7-18-10-11-20(14-18)33-29(36)22-9-6-8-21(27(22)37-33)25-28(35)30-23-15-19(16-24(34)26(23)31-25)17-32-12-4-3-5-13-32/h6,8-9,15-16,18,20,34H,2-5,7,10-14,17H2,1H3,(H,30,35)/t18-,20+/m0/s1. The summed E-state index contributed by atoms with van der Waals surface area (Å²) in [5, 5.41) is 11.5. The van der Waals surface area contributed by atoms with Crippen LogP contribution in [0.15, 0.2) is 39.9 Å². The highest BCUT2D eigenvalue weighted by Gasteiger charge is 2.28. The van der Waals surface area contributed by atoms with Crippen LogP contribution in [0.2, 0.25) is 0 Å². The van der Waals surface area contributed by atoms with Crippen LogP contribution in [-0.2, 0) is 6.54 Å². The number of nitrogens with one attached hydrogen (secondary N) is 1. The molecule has 1 saturated carbocycles. The van der Waals surface area contributed by atoms with Crippen molar-refractivity contribution in [1.29, 1.82) is 0 Å². The minimum Gasteiger partial charge on any atom is -0.506 e. The van der Waals surface area contributed by atoms with Crippen molar-refractivity contribution in [3.63, 3.8) is 0 Å². The maximum Gasteiger partial charge on any atom is 0.275 e. The van der Waals surface area contributed by atoms with Crippen molar-refractivity contribution in [2.24, 2.45) is 5.92 Å². The summed E-state index contributed by atoms with van der Waals surface area (Å²) in [5.74, 6) is 0.743. The van der Waals surface area contributed by atoms with Gasteiger partial charge in [0.2, 0.25) is 0 Å². The molecule has 2 atom stereocenters. The third kappa shape index (κ3) is 4.61. The van der Waals surface area contributed by atoms with Gasteiger partial charge in [-0.1, -0.05) is 49.9 Å². The normalized spacial score (nSPS) is 20.8. The van der Waals surface area contributed by atoms with Gasteiger partial charge in [-0.3, -0.25) is 18.4 Å². The number of likely N-dealkylation sites (tertiary alicyclic amines) is 1. The Labute approximate surface area is 219 Å². The number of aromatic hydroxyl groups is 1. The third-order valence-corrected chi connectivity index (χ3v) is 9.41. The fourth-order valence-corrected chi connectivity index (χ4v) is 7.54. The van der Waals surface area contributed by atoms with Crippen LogP contribution in [-0.4, -0.2) is 37.0 Å². The minimum absolute atomic E-state index is 0.0198. The molecule has 0 bridgehead atoms. The molecule has 0 radical (unpaired) electrons. The molecule has 194 valence electrons. The number of fused-ring (bicyclic) bond motifs is 2. The van der Waals surface area contributed by atoms with Crippen molar-refractivity contribution in [2.45, 2.75) is 70.9 Å². The highest BCUT2D eigenvalue weighted by atomic mass is 32.1. The minimum atomic E-state index is -0.314. The molecule has 2 aromatic carbocycles. The van der Waals surface area contributed by atoms with Gasteiger partial charge in [0, 0.05) is 18.2 Å². The molecular weight excluding hydrogens is 484 g/mol. The van der Waals surface area contributed by atoms with E-state index in [1.807, 2.05) is 28.2 Å². The number of aromatic amines is 1. The zero-order chi connectivity index (χ0) is 25.5. The lowest BCUT2D eigenvalue weighted by Gasteiger charge is -2.26. The van der Waals surface area contributed by atoms with Crippen molar-refractivity contribution in [2.75, 3.05) is 13.1 Å². The topological polar surface area (TPSA) is 91.2 Å². The Kier molecular flexibility index (Phi) is 6.63. The highest BCUT2D eigenvalue weighted by molar-refractivity contribution is 7.14. The Morgan fingerprint density at radius 3 is 2.78 bits per heavy atom. The Balaban J connectivity index is 1.38. The van der Waals surface area contributed by atoms with E-state index >= 15 is 0 Å². The van der Waals surface area contributed by atoms with E-state index in [0.29, 0.717) is 27.9 Å². The maximum absolute atomic E-state index is 13.3. The van der Waals surface area contributed by atoms with E-state index < -0.39 is 0 Å². The smallest absolute Gasteiger partial charge is 0.275 e. The van der Waals surface area contributed by atoms with E-state index in [1.165, 1.54) is 43.6 Å². The molecule has 1 aliphatic heterocycles. The summed E-state index contributed by atoms with van der Waals surface area (Å²) in [6.07, 6.45) is 9.27. The largest absolute Gasteiger partial charge is 0.506 e. The number of hydrogen-bond donors (Lipinski definition) is 2. The van der Waals surface area contributed by atoms with Crippen LogP contribution < -0.4 is 11.1 Å². The van der Waals surface area contributed by atoms with Crippen molar-refractivity contribution >= 4 is 32.7 Å². The molecule has 6 rings (SSSR count). The summed E-state index contributed by atoms with van der Waals surface area (Å²) in [7, 11) is 0. The molecule has 8 heteroatoms. The van der Waals surface area contributed by atoms with Gasteiger partial charge in [-0.05, 0) is 74.9 Å². The summed E-state index contributed by atoms with van der Waals surface area (Å²) in [5.41, 5.74) is 2.46. The van der Waals surface area contributed by atoms with Crippen LogP contribution in [0, 0.1) is 5.92 Å². The van der Waals surface area contributed by atoms with Crippen molar-refractivity contribution in [1.82, 2.24) is 18.8 Å². The van der Waals surface area contributed by atoms with Crippen molar-refractivity contribution < 1.29 is 5.11 Å². The van der Waals surface area contributed by atoms with Crippen LogP contribution in [0.1, 0.15) is 69.9 Å². The Bertz CT molecular complexity index is 1560. The third-order valence-electron chi connectivity index (χ3n) is 8.12. The summed E-state index contributed by atoms with van der Waals surface area (Å²) < 4.78 is 2.70. The van der Waals surface area contributed by atoms with E-state index in [9.17, 15) is 14.7 Å². The molecule has 4 aromatic rings. The summed E-state index contributed by atoms with van der Waals surface area (Å²) in [6, 6.07) is 9.41. The molecule has 0 unspecified atom stereocenters. The number of phenolic OH excluding ortho intramolecular Hbond substituents is 1. The first kappa shape index (κ1) is 24.4. The van der Waals surface area contributed by atoms with Crippen LogP contribution in [0.5, 0.6) is 5.75 Å². The van der Waals surface area contributed by atoms with Gasteiger partial charge in [0.15, 0.2) is 0 Å². The number of rotatable bonds is 6. The van der Waals surface area contributed by atoms with Crippen LogP contribution >= 0.6 is 11.5 Å². The molecular formula is C29H34N4O3S. The maximum atomic E-state index is 13.3. The predicted octanol–water partition coefficient (Wildman–Crippen LogP) is 5.80. The van der Waals surface area contributed by atoms with Gasteiger partial charge in [-0.2, -0.15) is 0 Å². The number of aromatic nitrogens is 3. The lowest BCUT2D eigenvalue weighted by molar-refractivity contribution is 0.221. The van der Waals surface area contributed by atoms with Gasteiger partial charge in [-0.15, -0.1) is 0 Å². The fourth-order valence-electron chi connectivity index (χ4n) is 6.30. The molecule has 2 fully saturated rings. The Hall–Kier alpha value is -2.97. The second kappa shape index (κ2) is 10.1. The zero-order valence-corrected chi connectivity index (χ0v) is 22.1. The number of nitrogens with zero attached hydrogens (tertiary/aromatic N) is 3. The van der Waals surface area contributed by atoms with E-state index in [1.54, 1.807) is 6.07 Å². The lowest BCUT2D eigenvalue weighted by Crippen LogP contribution is -2.29. The molecule has 7 nitrogen and oxygen atoms in total. The summed E-state index contributed by atoms with van der Waals surface area (Å²) >= 11 is 1.45. The molecule has 0 spiro atoms. The highest BCUT2D eigenvalue weighted by Crippen LogP contribution is 2.39.